The SMILES string of the molecule is Cc1cc(C(=O)NC(C)c2ccc(Cl)cc2)sc1C. The molecule has 2 rings (SSSR count). The van der Waals surface area contributed by atoms with Crippen LogP contribution in [-0.4, -0.2) is 5.91 Å². The molecule has 100 valence electrons. The lowest BCUT2D eigenvalue weighted by atomic mass is 10.1. The Balaban J connectivity index is 2.08. The zero-order valence-electron chi connectivity index (χ0n) is 11.2. The fourth-order valence-corrected chi connectivity index (χ4v) is 2.85. The molecule has 1 unspecified atom stereocenters. The van der Waals surface area contributed by atoms with Gasteiger partial charge in [0.05, 0.1) is 10.9 Å². The van der Waals surface area contributed by atoms with Crippen LogP contribution in [0.2, 0.25) is 5.02 Å². The van der Waals surface area contributed by atoms with Crippen LogP contribution in [0.4, 0.5) is 0 Å². The molecule has 2 aromatic rings. The van der Waals surface area contributed by atoms with Crippen molar-refractivity contribution in [3.8, 4) is 0 Å². The van der Waals surface area contributed by atoms with E-state index in [9.17, 15) is 4.79 Å². The van der Waals surface area contributed by atoms with Crippen molar-refractivity contribution in [2.24, 2.45) is 0 Å². The lowest BCUT2D eigenvalue weighted by Gasteiger charge is -2.13. The van der Waals surface area contributed by atoms with Gasteiger partial charge in [-0.3, -0.25) is 4.79 Å². The van der Waals surface area contributed by atoms with E-state index in [4.69, 9.17) is 11.6 Å². The lowest BCUT2D eigenvalue weighted by molar-refractivity contribution is 0.0944. The van der Waals surface area contributed by atoms with Gasteiger partial charge in [0.25, 0.3) is 5.91 Å². The van der Waals surface area contributed by atoms with E-state index in [0.717, 1.165) is 16.0 Å². The van der Waals surface area contributed by atoms with Crippen LogP contribution in [0, 0.1) is 13.8 Å². The fraction of sp³-hybridized carbons (Fsp3) is 0.267. The number of hydrogen-bond donors (Lipinski definition) is 1. The van der Waals surface area contributed by atoms with E-state index in [1.54, 1.807) is 0 Å². The highest BCUT2D eigenvalue weighted by Crippen LogP contribution is 2.22. The smallest absolute Gasteiger partial charge is 0.261 e. The summed E-state index contributed by atoms with van der Waals surface area (Å²) in [5.41, 5.74) is 2.21. The van der Waals surface area contributed by atoms with Gasteiger partial charge in [0.15, 0.2) is 0 Å². The Hall–Kier alpha value is -1.32. The third-order valence-corrected chi connectivity index (χ3v) is 4.51. The molecule has 1 atom stereocenters. The van der Waals surface area contributed by atoms with Crippen molar-refractivity contribution in [3.63, 3.8) is 0 Å². The first kappa shape index (κ1) is 14.1. The first-order valence-corrected chi connectivity index (χ1v) is 7.30. The van der Waals surface area contributed by atoms with Crippen LogP contribution in [0.1, 0.15) is 38.6 Å². The van der Waals surface area contributed by atoms with E-state index >= 15 is 0 Å². The van der Waals surface area contributed by atoms with Gasteiger partial charge in [-0.2, -0.15) is 0 Å². The number of benzene rings is 1. The second kappa shape index (κ2) is 5.76. The molecule has 1 amide bonds. The zero-order chi connectivity index (χ0) is 14.0. The van der Waals surface area contributed by atoms with Crippen LogP contribution in [-0.2, 0) is 0 Å². The summed E-state index contributed by atoms with van der Waals surface area (Å²) in [5, 5.41) is 3.70. The maximum Gasteiger partial charge on any atom is 0.261 e. The largest absolute Gasteiger partial charge is 0.345 e. The van der Waals surface area contributed by atoms with Gasteiger partial charge in [0.1, 0.15) is 0 Å². The second-order valence-electron chi connectivity index (χ2n) is 4.60. The molecule has 19 heavy (non-hydrogen) atoms. The Morgan fingerprint density at radius 1 is 1.26 bits per heavy atom. The number of amides is 1. The lowest BCUT2D eigenvalue weighted by Crippen LogP contribution is -2.25. The summed E-state index contributed by atoms with van der Waals surface area (Å²) in [4.78, 5) is 14.1. The average Bonchev–Trinajstić information content (AvgIpc) is 2.70. The standard InChI is InChI=1S/C15H16ClNOS/c1-9-8-14(19-11(9)3)15(18)17-10(2)12-4-6-13(16)7-5-12/h4-8,10H,1-3H3,(H,17,18). The Labute approximate surface area is 122 Å². The molecule has 1 N–H and O–H groups in total. The Bertz CT molecular complexity index is 569. The number of halogens is 1. The maximum atomic E-state index is 12.1. The molecule has 0 aliphatic carbocycles. The second-order valence-corrected chi connectivity index (χ2v) is 6.29. The van der Waals surface area contributed by atoms with Gasteiger partial charge >= 0.3 is 0 Å². The molecule has 1 aromatic heterocycles. The number of rotatable bonds is 3. The number of hydrogen-bond acceptors (Lipinski definition) is 2. The van der Waals surface area contributed by atoms with Crippen LogP contribution in [0.25, 0.3) is 0 Å². The van der Waals surface area contributed by atoms with E-state index < -0.39 is 0 Å². The number of carbonyl (C=O) groups is 1. The van der Waals surface area contributed by atoms with Crippen molar-refractivity contribution in [2.75, 3.05) is 0 Å². The summed E-state index contributed by atoms with van der Waals surface area (Å²) in [7, 11) is 0. The van der Waals surface area contributed by atoms with Crippen LogP contribution >= 0.6 is 22.9 Å². The van der Waals surface area contributed by atoms with Gasteiger partial charge in [-0.15, -0.1) is 11.3 Å². The minimum Gasteiger partial charge on any atom is -0.345 e. The van der Waals surface area contributed by atoms with E-state index in [1.807, 2.05) is 51.1 Å². The van der Waals surface area contributed by atoms with Gasteiger partial charge in [0.2, 0.25) is 0 Å². The Morgan fingerprint density at radius 3 is 2.42 bits per heavy atom. The van der Waals surface area contributed by atoms with Gasteiger partial charge in [0, 0.05) is 9.90 Å². The first-order chi connectivity index (χ1) is 8.97. The minimum atomic E-state index is -0.0347. The Kier molecular flexibility index (Phi) is 4.27. The van der Waals surface area contributed by atoms with E-state index in [2.05, 4.69) is 5.32 Å². The third-order valence-electron chi connectivity index (χ3n) is 3.11. The number of aryl methyl sites for hydroxylation is 2. The molecule has 4 heteroatoms. The predicted octanol–water partition coefficient (Wildman–Crippen LogP) is 4.51. The molecule has 1 aromatic carbocycles. The molecule has 0 bridgehead atoms. The van der Waals surface area contributed by atoms with Gasteiger partial charge < -0.3 is 5.32 Å². The molecular formula is C15H16ClNOS. The summed E-state index contributed by atoms with van der Waals surface area (Å²) >= 11 is 7.38. The first-order valence-electron chi connectivity index (χ1n) is 6.10. The fourth-order valence-electron chi connectivity index (χ4n) is 1.79. The normalized spacial score (nSPS) is 12.2. The molecule has 0 saturated heterocycles. The van der Waals surface area contributed by atoms with Crippen LogP contribution in [0.15, 0.2) is 30.3 Å². The maximum absolute atomic E-state index is 12.1. The highest BCUT2D eigenvalue weighted by Gasteiger charge is 2.14. The molecule has 0 spiro atoms. The van der Waals surface area contributed by atoms with Crippen molar-refractivity contribution in [3.05, 3.63) is 56.2 Å². The number of thiophene rings is 1. The van der Waals surface area contributed by atoms with Gasteiger partial charge in [-0.1, -0.05) is 23.7 Å². The predicted molar refractivity (Wildman–Crippen MR) is 81.1 cm³/mol. The van der Waals surface area contributed by atoms with E-state index in [1.165, 1.54) is 16.2 Å². The number of carbonyl (C=O) groups excluding carboxylic acids is 1. The summed E-state index contributed by atoms with van der Waals surface area (Å²) in [6.45, 7) is 6.01. The van der Waals surface area contributed by atoms with Crippen molar-refractivity contribution in [1.82, 2.24) is 5.32 Å². The molecule has 0 fully saturated rings. The van der Waals surface area contributed by atoms with E-state index in [0.29, 0.717) is 5.02 Å². The average molecular weight is 294 g/mol. The summed E-state index contributed by atoms with van der Waals surface area (Å²) in [5.74, 6) is -0.0244. The third kappa shape index (κ3) is 3.37. The van der Waals surface area contributed by atoms with Crippen LogP contribution in [0.3, 0.4) is 0 Å². The molecule has 1 heterocycles. The molecule has 2 nitrogen and oxygen atoms in total. The Morgan fingerprint density at radius 2 is 1.89 bits per heavy atom. The highest BCUT2D eigenvalue weighted by molar-refractivity contribution is 7.14. The molecular weight excluding hydrogens is 278 g/mol. The van der Waals surface area contributed by atoms with Crippen molar-refractivity contribution >= 4 is 28.8 Å². The summed E-state index contributed by atoms with van der Waals surface area (Å²) in [6, 6.07) is 9.42. The van der Waals surface area contributed by atoms with Gasteiger partial charge in [-0.25, -0.2) is 0 Å². The van der Waals surface area contributed by atoms with Gasteiger partial charge in [-0.05, 0) is 50.1 Å². The van der Waals surface area contributed by atoms with Crippen LogP contribution in [0.5, 0.6) is 0 Å². The molecule has 0 aliphatic rings. The van der Waals surface area contributed by atoms with Crippen molar-refractivity contribution in [2.45, 2.75) is 26.8 Å². The highest BCUT2D eigenvalue weighted by atomic mass is 35.5. The molecule has 0 saturated carbocycles. The minimum absolute atomic E-state index is 0.0244. The molecule has 0 aliphatic heterocycles. The van der Waals surface area contributed by atoms with E-state index in [-0.39, 0.29) is 11.9 Å². The monoisotopic (exact) mass is 293 g/mol. The van der Waals surface area contributed by atoms with Crippen molar-refractivity contribution in [1.29, 1.82) is 0 Å². The van der Waals surface area contributed by atoms with Crippen LogP contribution < -0.4 is 5.32 Å². The zero-order valence-corrected chi connectivity index (χ0v) is 12.7. The number of nitrogens with one attached hydrogen (secondary N) is 1. The quantitative estimate of drug-likeness (QED) is 0.886. The summed E-state index contributed by atoms with van der Waals surface area (Å²) < 4.78 is 0. The summed E-state index contributed by atoms with van der Waals surface area (Å²) in [6.07, 6.45) is 0. The van der Waals surface area contributed by atoms with Crippen molar-refractivity contribution < 1.29 is 4.79 Å². The topological polar surface area (TPSA) is 29.1 Å². The molecule has 0 radical (unpaired) electrons.